The molecule has 19 heavy (non-hydrogen) atoms. The van der Waals surface area contributed by atoms with Crippen molar-refractivity contribution in [3.05, 3.63) is 41.7 Å². The zero-order valence-corrected chi connectivity index (χ0v) is 11.2. The van der Waals surface area contributed by atoms with E-state index in [9.17, 15) is 8.78 Å². The maximum absolute atomic E-state index is 13.8. The standard InChI is InChI=1S/C14H17F2N3/c1-9(2)7-17-14-18-10(3)8-19(14)13-5-4-11(15)6-12(13)16/h4-6,8-9H,7H2,1-3H3,(H,17,18). The van der Waals surface area contributed by atoms with E-state index in [0.29, 0.717) is 11.9 Å². The van der Waals surface area contributed by atoms with Crippen molar-refractivity contribution in [3.8, 4) is 5.69 Å². The van der Waals surface area contributed by atoms with Crippen LogP contribution in [0.1, 0.15) is 19.5 Å². The van der Waals surface area contributed by atoms with Gasteiger partial charge in [-0.25, -0.2) is 13.8 Å². The molecule has 102 valence electrons. The van der Waals surface area contributed by atoms with E-state index in [1.165, 1.54) is 12.1 Å². The second-order valence-corrected chi connectivity index (χ2v) is 4.95. The van der Waals surface area contributed by atoms with Crippen molar-refractivity contribution >= 4 is 5.95 Å². The van der Waals surface area contributed by atoms with Crippen LogP contribution >= 0.6 is 0 Å². The molecule has 0 saturated carbocycles. The second kappa shape index (κ2) is 5.38. The summed E-state index contributed by atoms with van der Waals surface area (Å²) < 4.78 is 28.4. The van der Waals surface area contributed by atoms with Gasteiger partial charge in [0.2, 0.25) is 5.95 Å². The summed E-state index contributed by atoms with van der Waals surface area (Å²) >= 11 is 0. The molecule has 1 heterocycles. The van der Waals surface area contributed by atoms with E-state index < -0.39 is 11.6 Å². The fourth-order valence-electron chi connectivity index (χ4n) is 1.78. The number of nitrogens with zero attached hydrogens (tertiary/aromatic N) is 2. The third-order valence-corrected chi connectivity index (χ3v) is 2.66. The average molecular weight is 265 g/mol. The quantitative estimate of drug-likeness (QED) is 0.916. The molecule has 0 aliphatic rings. The first-order valence-corrected chi connectivity index (χ1v) is 6.22. The third-order valence-electron chi connectivity index (χ3n) is 2.66. The van der Waals surface area contributed by atoms with Gasteiger partial charge in [-0.2, -0.15) is 0 Å². The van der Waals surface area contributed by atoms with Crippen LogP contribution in [0.25, 0.3) is 5.69 Å². The zero-order valence-electron chi connectivity index (χ0n) is 11.2. The molecule has 0 bridgehead atoms. The normalized spacial score (nSPS) is 11.1. The van der Waals surface area contributed by atoms with E-state index in [1.54, 1.807) is 10.8 Å². The minimum atomic E-state index is -0.606. The van der Waals surface area contributed by atoms with Crippen LogP contribution in [0.5, 0.6) is 0 Å². The maximum atomic E-state index is 13.8. The Labute approximate surface area is 111 Å². The van der Waals surface area contributed by atoms with E-state index >= 15 is 0 Å². The largest absolute Gasteiger partial charge is 0.355 e. The van der Waals surface area contributed by atoms with Crippen LogP contribution in [0.4, 0.5) is 14.7 Å². The Bertz CT molecular complexity index is 576. The minimum Gasteiger partial charge on any atom is -0.355 e. The highest BCUT2D eigenvalue weighted by molar-refractivity contribution is 5.44. The Morgan fingerprint density at radius 1 is 1.32 bits per heavy atom. The smallest absolute Gasteiger partial charge is 0.207 e. The van der Waals surface area contributed by atoms with Gasteiger partial charge in [0, 0.05) is 18.8 Å². The van der Waals surface area contributed by atoms with Crippen molar-refractivity contribution in [1.29, 1.82) is 0 Å². The first kappa shape index (κ1) is 13.5. The van der Waals surface area contributed by atoms with Crippen LogP contribution in [0.3, 0.4) is 0 Å². The van der Waals surface area contributed by atoms with Crippen molar-refractivity contribution in [2.24, 2.45) is 5.92 Å². The fraction of sp³-hybridized carbons (Fsp3) is 0.357. The lowest BCUT2D eigenvalue weighted by Gasteiger charge is -2.12. The van der Waals surface area contributed by atoms with Crippen LogP contribution in [0.2, 0.25) is 0 Å². The van der Waals surface area contributed by atoms with E-state index in [2.05, 4.69) is 24.1 Å². The van der Waals surface area contributed by atoms with E-state index in [0.717, 1.165) is 18.3 Å². The summed E-state index contributed by atoms with van der Waals surface area (Å²) in [5.41, 5.74) is 1.06. The first-order chi connectivity index (χ1) is 8.97. The van der Waals surface area contributed by atoms with Crippen molar-refractivity contribution in [2.75, 3.05) is 11.9 Å². The molecule has 0 radical (unpaired) electrons. The van der Waals surface area contributed by atoms with E-state index in [4.69, 9.17) is 0 Å². The molecular weight excluding hydrogens is 248 g/mol. The van der Waals surface area contributed by atoms with Crippen molar-refractivity contribution in [3.63, 3.8) is 0 Å². The Morgan fingerprint density at radius 2 is 2.05 bits per heavy atom. The van der Waals surface area contributed by atoms with Gasteiger partial charge in [0.25, 0.3) is 0 Å². The highest BCUT2D eigenvalue weighted by Crippen LogP contribution is 2.20. The van der Waals surface area contributed by atoms with E-state index in [-0.39, 0.29) is 5.69 Å². The number of hydrogen-bond acceptors (Lipinski definition) is 2. The van der Waals surface area contributed by atoms with Gasteiger partial charge in [-0.1, -0.05) is 13.8 Å². The van der Waals surface area contributed by atoms with Crippen molar-refractivity contribution in [2.45, 2.75) is 20.8 Å². The summed E-state index contributed by atoms with van der Waals surface area (Å²) in [5.74, 6) is -0.181. The Hall–Kier alpha value is -1.91. The van der Waals surface area contributed by atoms with Crippen LogP contribution in [0, 0.1) is 24.5 Å². The van der Waals surface area contributed by atoms with Gasteiger partial charge in [-0.05, 0) is 25.0 Å². The molecule has 0 spiro atoms. The molecule has 0 aliphatic carbocycles. The molecular formula is C14H17F2N3. The number of aromatic nitrogens is 2. The lowest BCUT2D eigenvalue weighted by atomic mass is 10.2. The van der Waals surface area contributed by atoms with Gasteiger partial charge < -0.3 is 5.32 Å². The molecule has 5 heteroatoms. The first-order valence-electron chi connectivity index (χ1n) is 6.22. The van der Waals surface area contributed by atoms with Crippen LogP contribution < -0.4 is 5.32 Å². The monoisotopic (exact) mass is 265 g/mol. The number of aryl methyl sites for hydroxylation is 1. The number of hydrogen-bond donors (Lipinski definition) is 1. The molecule has 0 amide bonds. The SMILES string of the molecule is Cc1cn(-c2ccc(F)cc2F)c(NCC(C)C)n1. The Balaban J connectivity index is 2.38. The van der Waals surface area contributed by atoms with Gasteiger partial charge in [0.05, 0.1) is 11.4 Å². The van der Waals surface area contributed by atoms with Gasteiger partial charge in [0.1, 0.15) is 11.6 Å². The molecule has 0 unspecified atom stereocenters. The number of halogens is 2. The summed E-state index contributed by atoms with van der Waals surface area (Å²) in [6, 6.07) is 3.52. The van der Waals surface area contributed by atoms with Gasteiger partial charge in [-0.3, -0.25) is 4.57 Å². The Kier molecular flexibility index (Phi) is 3.83. The topological polar surface area (TPSA) is 29.9 Å². The zero-order chi connectivity index (χ0) is 14.0. The summed E-state index contributed by atoms with van der Waals surface area (Å²) in [4.78, 5) is 4.31. The predicted molar refractivity (Wildman–Crippen MR) is 71.5 cm³/mol. The lowest BCUT2D eigenvalue weighted by Crippen LogP contribution is -2.12. The fourth-order valence-corrected chi connectivity index (χ4v) is 1.78. The van der Waals surface area contributed by atoms with Crippen molar-refractivity contribution < 1.29 is 8.78 Å². The number of imidazole rings is 1. The predicted octanol–water partition coefficient (Wildman–Crippen LogP) is 3.53. The van der Waals surface area contributed by atoms with Crippen LogP contribution in [0.15, 0.2) is 24.4 Å². The molecule has 0 saturated heterocycles. The summed E-state index contributed by atoms with van der Waals surface area (Å²) in [6.07, 6.45) is 1.72. The van der Waals surface area contributed by atoms with Crippen molar-refractivity contribution in [1.82, 2.24) is 9.55 Å². The van der Waals surface area contributed by atoms with Gasteiger partial charge >= 0.3 is 0 Å². The molecule has 0 fully saturated rings. The Morgan fingerprint density at radius 3 is 2.68 bits per heavy atom. The molecule has 3 nitrogen and oxygen atoms in total. The van der Waals surface area contributed by atoms with Crippen LogP contribution in [-0.2, 0) is 0 Å². The lowest BCUT2D eigenvalue weighted by molar-refractivity contribution is 0.577. The number of rotatable bonds is 4. The summed E-state index contributed by atoms with van der Waals surface area (Å²) in [7, 11) is 0. The second-order valence-electron chi connectivity index (χ2n) is 4.95. The molecule has 2 rings (SSSR count). The summed E-state index contributed by atoms with van der Waals surface area (Å²) in [6.45, 7) is 6.72. The van der Waals surface area contributed by atoms with E-state index in [1.807, 2.05) is 6.92 Å². The molecule has 1 aromatic heterocycles. The minimum absolute atomic E-state index is 0.285. The van der Waals surface area contributed by atoms with Gasteiger partial charge in [-0.15, -0.1) is 0 Å². The molecule has 1 aromatic carbocycles. The number of nitrogens with one attached hydrogen (secondary N) is 1. The number of benzene rings is 1. The molecule has 2 aromatic rings. The average Bonchev–Trinajstić information content (AvgIpc) is 2.67. The van der Waals surface area contributed by atoms with Crippen LogP contribution in [-0.4, -0.2) is 16.1 Å². The van der Waals surface area contributed by atoms with Gasteiger partial charge in [0.15, 0.2) is 0 Å². The summed E-state index contributed by atoms with van der Waals surface area (Å²) in [5, 5.41) is 3.17. The molecule has 0 aliphatic heterocycles. The molecule has 0 atom stereocenters. The third kappa shape index (κ3) is 3.10. The number of anilines is 1. The highest BCUT2D eigenvalue weighted by atomic mass is 19.1. The highest BCUT2D eigenvalue weighted by Gasteiger charge is 2.12. The maximum Gasteiger partial charge on any atom is 0.207 e. The molecule has 1 N–H and O–H groups in total.